The van der Waals surface area contributed by atoms with E-state index in [4.69, 9.17) is 9.84 Å². The van der Waals surface area contributed by atoms with Crippen LogP contribution in [-0.4, -0.2) is 41.2 Å². The van der Waals surface area contributed by atoms with Crippen molar-refractivity contribution in [1.82, 2.24) is 10.3 Å². The molecule has 0 radical (unpaired) electrons. The Bertz CT molecular complexity index is 489. The number of aromatic carboxylic acids is 1. The molecule has 0 aliphatic heterocycles. The molecule has 0 saturated heterocycles. The summed E-state index contributed by atoms with van der Waals surface area (Å²) in [4.78, 5) is 26.9. The number of ether oxygens (including phenoxy) is 1. The molecular formula is C13H16N2O4. The number of carboxylic acid groups (broad SMARTS) is 1. The lowest BCUT2D eigenvalue weighted by Gasteiger charge is -2.13. The molecule has 1 aromatic heterocycles. The summed E-state index contributed by atoms with van der Waals surface area (Å²) in [6, 6.07) is 2.88. The quantitative estimate of drug-likeness (QED) is 0.849. The highest BCUT2D eigenvalue weighted by molar-refractivity contribution is 6.03. The summed E-state index contributed by atoms with van der Waals surface area (Å²) in [5.74, 6) is -1.60. The number of amides is 1. The molecule has 0 aromatic carbocycles. The zero-order valence-corrected chi connectivity index (χ0v) is 10.6. The Hall–Kier alpha value is -1.95. The molecule has 2 atom stereocenters. The topological polar surface area (TPSA) is 88.5 Å². The number of hydrogen-bond donors (Lipinski definition) is 2. The molecule has 1 aromatic rings. The first kappa shape index (κ1) is 13.5. The predicted molar refractivity (Wildman–Crippen MR) is 67.1 cm³/mol. The van der Waals surface area contributed by atoms with Gasteiger partial charge in [-0.2, -0.15) is 0 Å². The fourth-order valence-corrected chi connectivity index (χ4v) is 2.30. The van der Waals surface area contributed by atoms with Gasteiger partial charge in [0.05, 0.1) is 11.7 Å². The summed E-state index contributed by atoms with van der Waals surface area (Å²) in [6.45, 7) is 0. The summed E-state index contributed by atoms with van der Waals surface area (Å²) in [5, 5.41) is 11.8. The number of methoxy groups -OCH3 is 1. The molecule has 1 aliphatic rings. The summed E-state index contributed by atoms with van der Waals surface area (Å²) in [6.07, 6.45) is 4.05. The molecule has 1 fully saturated rings. The van der Waals surface area contributed by atoms with E-state index >= 15 is 0 Å². The van der Waals surface area contributed by atoms with Gasteiger partial charge in [-0.05, 0) is 31.4 Å². The highest BCUT2D eigenvalue weighted by atomic mass is 16.5. The molecule has 6 heteroatoms. The normalized spacial score (nSPS) is 22.2. The van der Waals surface area contributed by atoms with Crippen molar-refractivity contribution < 1.29 is 19.4 Å². The molecule has 1 saturated carbocycles. The van der Waals surface area contributed by atoms with Gasteiger partial charge >= 0.3 is 5.97 Å². The number of nitrogens with one attached hydrogen (secondary N) is 1. The molecule has 2 rings (SSSR count). The lowest BCUT2D eigenvalue weighted by atomic mass is 10.1. The maximum atomic E-state index is 12.0. The molecule has 1 heterocycles. The molecule has 0 spiro atoms. The van der Waals surface area contributed by atoms with Gasteiger partial charge in [-0.15, -0.1) is 0 Å². The van der Waals surface area contributed by atoms with E-state index in [1.165, 1.54) is 18.3 Å². The maximum Gasteiger partial charge on any atom is 0.338 e. The van der Waals surface area contributed by atoms with Crippen LogP contribution in [0.3, 0.4) is 0 Å². The van der Waals surface area contributed by atoms with Gasteiger partial charge in [-0.25, -0.2) is 4.79 Å². The SMILES string of the molecule is COC1CCC(NC(=O)c2ncccc2C(=O)O)C1. The summed E-state index contributed by atoms with van der Waals surface area (Å²) >= 11 is 0. The lowest BCUT2D eigenvalue weighted by Crippen LogP contribution is -2.35. The Balaban J connectivity index is 2.06. The fraction of sp³-hybridized carbons (Fsp3) is 0.462. The maximum absolute atomic E-state index is 12.0. The summed E-state index contributed by atoms with van der Waals surface area (Å²) in [7, 11) is 1.65. The zero-order chi connectivity index (χ0) is 13.8. The Kier molecular flexibility index (Phi) is 4.11. The van der Waals surface area contributed by atoms with E-state index in [2.05, 4.69) is 10.3 Å². The third-order valence-electron chi connectivity index (χ3n) is 3.31. The van der Waals surface area contributed by atoms with Gasteiger partial charge in [0, 0.05) is 19.3 Å². The van der Waals surface area contributed by atoms with E-state index in [1.807, 2.05) is 0 Å². The van der Waals surface area contributed by atoms with E-state index in [0.717, 1.165) is 19.3 Å². The van der Waals surface area contributed by atoms with Crippen molar-refractivity contribution in [2.45, 2.75) is 31.4 Å². The van der Waals surface area contributed by atoms with Crippen LogP contribution in [0.25, 0.3) is 0 Å². The zero-order valence-electron chi connectivity index (χ0n) is 10.6. The van der Waals surface area contributed by atoms with Gasteiger partial charge in [-0.1, -0.05) is 0 Å². The average Bonchev–Trinajstić information content (AvgIpc) is 2.86. The number of rotatable bonds is 4. The first-order valence-corrected chi connectivity index (χ1v) is 6.13. The van der Waals surface area contributed by atoms with Gasteiger partial charge in [0.15, 0.2) is 0 Å². The second-order valence-corrected chi connectivity index (χ2v) is 4.55. The van der Waals surface area contributed by atoms with Gasteiger partial charge in [0.25, 0.3) is 5.91 Å². The highest BCUT2D eigenvalue weighted by Crippen LogP contribution is 2.21. The summed E-state index contributed by atoms with van der Waals surface area (Å²) < 4.78 is 5.23. The number of pyridine rings is 1. The van der Waals surface area contributed by atoms with E-state index < -0.39 is 11.9 Å². The summed E-state index contributed by atoms with van der Waals surface area (Å²) in [5.41, 5.74) is -0.128. The van der Waals surface area contributed by atoms with Crippen LogP contribution in [0, 0.1) is 0 Å². The van der Waals surface area contributed by atoms with Gasteiger partial charge in [0.2, 0.25) is 0 Å². The van der Waals surface area contributed by atoms with E-state index in [1.54, 1.807) is 7.11 Å². The van der Waals surface area contributed by atoms with Crippen LogP contribution in [-0.2, 0) is 4.74 Å². The number of nitrogens with zero attached hydrogens (tertiary/aromatic N) is 1. The highest BCUT2D eigenvalue weighted by Gasteiger charge is 2.27. The minimum Gasteiger partial charge on any atom is -0.478 e. The van der Waals surface area contributed by atoms with Crippen molar-refractivity contribution in [1.29, 1.82) is 0 Å². The van der Waals surface area contributed by atoms with Crippen molar-refractivity contribution in [2.75, 3.05) is 7.11 Å². The Morgan fingerprint density at radius 2 is 2.26 bits per heavy atom. The number of carbonyl (C=O) groups excluding carboxylic acids is 1. The largest absolute Gasteiger partial charge is 0.478 e. The Labute approximate surface area is 110 Å². The van der Waals surface area contributed by atoms with Crippen LogP contribution in [0.1, 0.15) is 40.1 Å². The molecule has 1 amide bonds. The molecule has 6 nitrogen and oxygen atoms in total. The third kappa shape index (κ3) is 3.08. The standard InChI is InChI=1S/C13H16N2O4/c1-19-9-5-4-8(7-9)15-12(16)11-10(13(17)18)3-2-6-14-11/h2-3,6,8-9H,4-5,7H2,1H3,(H,15,16)(H,17,18). The van der Waals surface area contributed by atoms with Crippen molar-refractivity contribution in [2.24, 2.45) is 0 Å². The van der Waals surface area contributed by atoms with E-state index in [0.29, 0.717) is 0 Å². The van der Waals surface area contributed by atoms with Crippen molar-refractivity contribution in [3.63, 3.8) is 0 Å². The lowest BCUT2D eigenvalue weighted by molar-refractivity contribution is 0.0689. The van der Waals surface area contributed by atoms with Crippen LogP contribution in [0.4, 0.5) is 0 Å². The molecule has 1 aliphatic carbocycles. The van der Waals surface area contributed by atoms with Gasteiger partial charge in [0.1, 0.15) is 5.69 Å². The van der Waals surface area contributed by atoms with Gasteiger partial charge < -0.3 is 15.2 Å². The average molecular weight is 264 g/mol. The van der Waals surface area contributed by atoms with Crippen LogP contribution >= 0.6 is 0 Å². The van der Waals surface area contributed by atoms with Crippen molar-refractivity contribution >= 4 is 11.9 Å². The number of hydrogen-bond acceptors (Lipinski definition) is 4. The first-order chi connectivity index (χ1) is 9.11. The minimum absolute atomic E-state index is 0.0149. The fourth-order valence-electron chi connectivity index (χ4n) is 2.30. The Morgan fingerprint density at radius 3 is 2.89 bits per heavy atom. The second-order valence-electron chi connectivity index (χ2n) is 4.55. The molecular weight excluding hydrogens is 248 g/mol. The Morgan fingerprint density at radius 1 is 1.47 bits per heavy atom. The monoisotopic (exact) mass is 264 g/mol. The first-order valence-electron chi connectivity index (χ1n) is 6.13. The number of carboxylic acids is 1. The smallest absolute Gasteiger partial charge is 0.338 e. The molecule has 102 valence electrons. The minimum atomic E-state index is -1.15. The molecule has 19 heavy (non-hydrogen) atoms. The number of aromatic nitrogens is 1. The van der Waals surface area contributed by atoms with Crippen molar-refractivity contribution in [3.05, 3.63) is 29.6 Å². The molecule has 2 unspecified atom stereocenters. The third-order valence-corrected chi connectivity index (χ3v) is 3.31. The second kappa shape index (κ2) is 5.79. The van der Waals surface area contributed by atoms with Crippen LogP contribution in [0.5, 0.6) is 0 Å². The van der Waals surface area contributed by atoms with E-state index in [9.17, 15) is 9.59 Å². The van der Waals surface area contributed by atoms with Gasteiger partial charge in [-0.3, -0.25) is 9.78 Å². The van der Waals surface area contributed by atoms with Crippen LogP contribution < -0.4 is 5.32 Å². The predicted octanol–water partition coefficient (Wildman–Crippen LogP) is 1.08. The molecule has 0 bridgehead atoms. The van der Waals surface area contributed by atoms with Crippen molar-refractivity contribution in [3.8, 4) is 0 Å². The van der Waals surface area contributed by atoms with Crippen LogP contribution in [0.15, 0.2) is 18.3 Å². The molecule has 2 N–H and O–H groups in total. The van der Waals surface area contributed by atoms with E-state index in [-0.39, 0.29) is 23.4 Å². The number of carbonyl (C=O) groups is 2. The van der Waals surface area contributed by atoms with Crippen LogP contribution in [0.2, 0.25) is 0 Å².